The Morgan fingerprint density at radius 3 is 2.68 bits per heavy atom. The van der Waals surface area contributed by atoms with Gasteiger partial charge in [-0.05, 0) is 30.7 Å². The molecule has 4 rings (SSSR count). The zero-order valence-corrected chi connectivity index (χ0v) is 15.4. The second-order valence-corrected chi connectivity index (χ2v) is 7.85. The predicted molar refractivity (Wildman–Crippen MR) is 106 cm³/mol. The Hall–Kier alpha value is -2.51. The van der Waals surface area contributed by atoms with Crippen molar-refractivity contribution in [3.05, 3.63) is 48.0 Å². The first-order valence-electron chi connectivity index (χ1n) is 7.83. The average molecular weight is 368 g/mol. The number of benzene rings is 2. The van der Waals surface area contributed by atoms with Gasteiger partial charge in [-0.25, -0.2) is 9.97 Å². The summed E-state index contributed by atoms with van der Waals surface area (Å²) in [5, 5.41) is 4.36. The lowest BCUT2D eigenvalue weighted by Crippen LogP contribution is -2.29. The number of carbonyl (C=O) groups is 1. The molecule has 126 valence electrons. The van der Waals surface area contributed by atoms with Gasteiger partial charge in [-0.1, -0.05) is 46.9 Å². The van der Waals surface area contributed by atoms with E-state index in [-0.39, 0.29) is 12.5 Å². The maximum atomic E-state index is 12.4. The molecule has 1 N–H and O–H groups in total. The SMILES string of the molecule is Cc1cccc2sc(NC(=O)CN(C)c3nc4ccccc4s3)nc12. The molecule has 0 fully saturated rings. The number of nitrogens with zero attached hydrogens (tertiary/aromatic N) is 3. The van der Waals surface area contributed by atoms with Crippen LogP contribution < -0.4 is 10.2 Å². The Kier molecular flexibility index (Phi) is 4.10. The summed E-state index contributed by atoms with van der Waals surface area (Å²) in [6, 6.07) is 14.0. The number of thiazole rings is 2. The van der Waals surface area contributed by atoms with Gasteiger partial charge in [-0.2, -0.15) is 0 Å². The molecule has 0 unspecified atom stereocenters. The number of rotatable bonds is 4. The first-order valence-corrected chi connectivity index (χ1v) is 9.46. The van der Waals surface area contributed by atoms with Crippen molar-refractivity contribution in [3.63, 3.8) is 0 Å². The van der Waals surface area contributed by atoms with Crippen LogP contribution in [-0.4, -0.2) is 29.5 Å². The summed E-state index contributed by atoms with van der Waals surface area (Å²) in [6.07, 6.45) is 0. The third kappa shape index (κ3) is 3.20. The zero-order chi connectivity index (χ0) is 17.4. The Bertz CT molecular complexity index is 1040. The van der Waals surface area contributed by atoms with E-state index in [1.165, 1.54) is 11.3 Å². The number of hydrogen-bond acceptors (Lipinski definition) is 6. The number of aromatic nitrogens is 2. The quantitative estimate of drug-likeness (QED) is 0.584. The molecule has 7 heteroatoms. The molecule has 25 heavy (non-hydrogen) atoms. The van der Waals surface area contributed by atoms with Crippen molar-refractivity contribution in [2.45, 2.75) is 6.92 Å². The zero-order valence-electron chi connectivity index (χ0n) is 13.8. The third-order valence-corrected chi connectivity index (χ3v) is 5.94. The number of nitrogens with one attached hydrogen (secondary N) is 1. The monoisotopic (exact) mass is 368 g/mol. The van der Waals surface area contributed by atoms with Crippen LogP contribution in [0.1, 0.15) is 5.56 Å². The third-order valence-electron chi connectivity index (χ3n) is 3.86. The maximum Gasteiger partial charge on any atom is 0.245 e. The van der Waals surface area contributed by atoms with Gasteiger partial charge in [0.1, 0.15) is 0 Å². The minimum Gasteiger partial charge on any atom is -0.342 e. The van der Waals surface area contributed by atoms with Crippen LogP contribution in [0.25, 0.3) is 20.4 Å². The van der Waals surface area contributed by atoms with Gasteiger partial charge in [0.2, 0.25) is 5.91 Å². The first-order chi connectivity index (χ1) is 12.1. The lowest BCUT2D eigenvalue weighted by atomic mass is 10.2. The van der Waals surface area contributed by atoms with Crippen molar-refractivity contribution >= 4 is 59.3 Å². The van der Waals surface area contributed by atoms with E-state index in [0.29, 0.717) is 5.13 Å². The van der Waals surface area contributed by atoms with Gasteiger partial charge in [0.25, 0.3) is 0 Å². The Balaban J connectivity index is 1.48. The summed E-state index contributed by atoms with van der Waals surface area (Å²) < 4.78 is 2.20. The van der Waals surface area contributed by atoms with Gasteiger partial charge in [0, 0.05) is 7.05 Å². The van der Waals surface area contributed by atoms with E-state index >= 15 is 0 Å². The molecule has 0 saturated heterocycles. The van der Waals surface area contributed by atoms with Crippen LogP contribution >= 0.6 is 22.7 Å². The van der Waals surface area contributed by atoms with Gasteiger partial charge in [-0.3, -0.25) is 4.79 Å². The fraction of sp³-hybridized carbons (Fsp3) is 0.167. The summed E-state index contributed by atoms with van der Waals surface area (Å²) in [5.74, 6) is -0.0986. The highest BCUT2D eigenvalue weighted by Crippen LogP contribution is 2.29. The van der Waals surface area contributed by atoms with Crippen LogP contribution in [0.2, 0.25) is 0 Å². The maximum absolute atomic E-state index is 12.4. The van der Waals surface area contributed by atoms with Gasteiger partial charge in [0.05, 0.1) is 27.0 Å². The number of hydrogen-bond donors (Lipinski definition) is 1. The number of amides is 1. The molecule has 5 nitrogen and oxygen atoms in total. The minimum absolute atomic E-state index is 0.0986. The summed E-state index contributed by atoms with van der Waals surface area (Å²) in [6.45, 7) is 2.25. The molecule has 0 radical (unpaired) electrons. The van der Waals surface area contributed by atoms with Crippen molar-refractivity contribution in [2.24, 2.45) is 0 Å². The molecular weight excluding hydrogens is 352 g/mol. The van der Waals surface area contributed by atoms with Crippen molar-refractivity contribution in [1.29, 1.82) is 0 Å². The molecule has 1 amide bonds. The van der Waals surface area contributed by atoms with Crippen LogP contribution in [0.5, 0.6) is 0 Å². The van der Waals surface area contributed by atoms with Gasteiger partial charge < -0.3 is 10.2 Å². The molecule has 0 bridgehead atoms. The normalized spacial score (nSPS) is 11.1. The molecular formula is C18H16N4OS2. The van der Waals surface area contributed by atoms with Crippen molar-refractivity contribution in [2.75, 3.05) is 23.8 Å². The molecule has 2 aromatic carbocycles. The van der Waals surface area contributed by atoms with Crippen LogP contribution in [-0.2, 0) is 4.79 Å². The molecule has 0 aliphatic rings. The van der Waals surface area contributed by atoms with Crippen LogP contribution in [0, 0.1) is 6.92 Å². The van der Waals surface area contributed by atoms with Crippen LogP contribution in [0.15, 0.2) is 42.5 Å². The molecule has 0 spiro atoms. The highest BCUT2D eigenvalue weighted by atomic mass is 32.1. The van der Waals surface area contributed by atoms with Crippen molar-refractivity contribution in [1.82, 2.24) is 9.97 Å². The van der Waals surface area contributed by atoms with E-state index in [9.17, 15) is 4.79 Å². The average Bonchev–Trinajstić information content (AvgIpc) is 3.18. The molecule has 2 heterocycles. The number of carbonyl (C=O) groups excluding carboxylic acids is 1. The van der Waals surface area contributed by atoms with Gasteiger partial charge in [0.15, 0.2) is 10.3 Å². The van der Waals surface area contributed by atoms with Crippen LogP contribution in [0.3, 0.4) is 0 Å². The predicted octanol–water partition coefficient (Wildman–Crippen LogP) is 4.29. The lowest BCUT2D eigenvalue weighted by molar-refractivity contribution is -0.114. The lowest BCUT2D eigenvalue weighted by Gasteiger charge is -2.14. The highest BCUT2D eigenvalue weighted by Gasteiger charge is 2.14. The van der Waals surface area contributed by atoms with E-state index in [1.807, 2.05) is 61.3 Å². The van der Waals surface area contributed by atoms with Crippen molar-refractivity contribution < 1.29 is 4.79 Å². The number of para-hydroxylation sites is 2. The van der Waals surface area contributed by atoms with Crippen molar-refractivity contribution in [3.8, 4) is 0 Å². The second-order valence-electron chi connectivity index (χ2n) is 5.81. The van der Waals surface area contributed by atoms with E-state index in [4.69, 9.17) is 0 Å². The summed E-state index contributed by atoms with van der Waals surface area (Å²) >= 11 is 3.07. The second kappa shape index (κ2) is 6.42. The number of anilines is 2. The fourth-order valence-corrected chi connectivity index (χ4v) is 4.49. The fourth-order valence-electron chi connectivity index (χ4n) is 2.60. The van der Waals surface area contributed by atoms with E-state index in [2.05, 4.69) is 15.3 Å². The van der Waals surface area contributed by atoms with Crippen LogP contribution in [0.4, 0.5) is 10.3 Å². The molecule has 0 saturated carbocycles. The summed E-state index contributed by atoms with van der Waals surface area (Å²) in [7, 11) is 1.87. The number of fused-ring (bicyclic) bond motifs is 2. The van der Waals surface area contributed by atoms with E-state index in [0.717, 1.165) is 31.1 Å². The van der Waals surface area contributed by atoms with E-state index in [1.54, 1.807) is 11.3 Å². The smallest absolute Gasteiger partial charge is 0.245 e. The Morgan fingerprint density at radius 1 is 1.08 bits per heavy atom. The molecule has 2 aromatic heterocycles. The Labute approximate surface area is 153 Å². The first kappa shape index (κ1) is 16.0. The number of likely N-dealkylation sites (N-methyl/N-ethyl adjacent to an activating group) is 1. The summed E-state index contributed by atoms with van der Waals surface area (Å²) in [4.78, 5) is 23.3. The topological polar surface area (TPSA) is 58.1 Å². The highest BCUT2D eigenvalue weighted by molar-refractivity contribution is 7.22. The van der Waals surface area contributed by atoms with E-state index < -0.39 is 0 Å². The molecule has 0 aliphatic carbocycles. The van der Waals surface area contributed by atoms with Gasteiger partial charge in [-0.15, -0.1) is 0 Å². The standard InChI is InChI=1S/C18H16N4OS2/c1-11-6-5-9-14-16(11)21-17(24-14)20-15(23)10-22(2)18-19-12-7-3-4-8-13(12)25-18/h3-9H,10H2,1-2H3,(H,20,21,23). The molecule has 0 atom stereocenters. The Morgan fingerprint density at radius 2 is 1.88 bits per heavy atom. The summed E-state index contributed by atoms with van der Waals surface area (Å²) in [5.41, 5.74) is 3.01. The number of aryl methyl sites for hydroxylation is 1. The molecule has 4 aromatic rings. The van der Waals surface area contributed by atoms with Gasteiger partial charge >= 0.3 is 0 Å². The molecule has 0 aliphatic heterocycles. The minimum atomic E-state index is -0.0986. The largest absolute Gasteiger partial charge is 0.342 e.